The van der Waals surface area contributed by atoms with Crippen molar-refractivity contribution in [2.45, 2.75) is 26.6 Å². The average Bonchev–Trinajstić information content (AvgIpc) is 2.55. The maximum absolute atomic E-state index is 4.66. The maximum atomic E-state index is 4.66. The van der Waals surface area contributed by atoms with E-state index in [-0.39, 0.29) is 0 Å². The van der Waals surface area contributed by atoms with Gasteiger partial charge in [-0.1, -0.05) is 0 Å². The molecular formula is C7H10S2Se. The topological polar surface area (TPSA) is 0 Å². The van der Waals surface area contributed by atoms with Crippen LogP contribution in [0.15, 0.2) is 0 Å². The van der Waals surface area contributed by atoms with E-state index in [1.54, 1.807) is 0 Å². The summed E-state index contributed by atoms with van der Waals surface area (Å²) in [6, 6.07) is 0. The minimum absolute atomic E-state index is 0.776. The second kappa shape index (κ2) is 1.93. The van der Waals surface area contributed by atoms with Crippen molar-refractivity contribution in [2.75, 3.05) is 0 Å². The van der Waals surface area contributed by atoms with Crippen molar-refractivity contribution < 1.29 is 0 Å². The van der Waals surface area contributed by atoms with E-state index in [1.807, 2.05) is 0 Å². The van der Waals surface area contributed by atoms with E-state index in [0.717, 1.165) is 46.9 Å². The van der Waals surface area contributed by atoms with Gasteiger partial charge in [-0.15, -0.1) is 0 Å². The van der Waals surface area contributed by atoms with Crippen LogP contribution in [0.25, 0.3) is 0 Å². The molecule has 4 bridgehead atoms. The molecule has 6 unspecified atom stereocenters. The van der Waals surface area contributed by atoms with E-state index in [1.165, 1.54) is 6.42 Å². The van der Waals surface area contributed by atoms with Gasteiger partial charge in [-0.25, -0.2) is 0 Å². The molecule has 0 radical (unpaired) electrons. The average molecular weight is 237 g/mol. The van der Waals surface area contributed by atoms with Gasteiger partial charge in [-0.05, 0) is 0 Å². The van der Waals surface area contributed by atoms with Crippen molar-refractivity contribution in [3.05, 3.63) is 0 Å². The molecule has 3 heteroatoms. The number of rotatable bonds is 0. The van der Waals surface area contributed by atoms with Crippen molar-refractivity contribution in [1.29, 1.82) is 0 Å². The summed E-state index contributed by atoms with van der Waals surface area (Å²) in [4.78, 5) is 2.02. The standard InChI is InChI=1S/C7H10S2Se/c8-4-2-1-3-5(9)6(2)10-7(3)4/h2-9H,1H2. The molecular weight excluding hydrogens is 227 g/mol. The van der Waals surface area contributed by atoms with Crippen LogP contribution in [0, 0.1) is 11.8 Å². The van der Waals surface area contributed by atoms with Gasteiger partial charge in [0.2, 0.25) is 0 Å². The fraction of sp³-hybridized carbons (Fsp3) is 1.00. The minimum atomic E-state index is 0.776. The van der Waals surface area contributed by atoms with Crippen LogP contribution in [0.4, 0.5) is 0 Å². The van der Waals surface area contributed by atoms with Gasteiger partial charge in [0, 0.05) is 0 Å². The molecule has 6 atom stereocenters. The van der Waals surface area contributed by atoms with Gasteiger partial charge in [0.15, 0.2) is 0 Å². The van der Waals surface area contributed by atoms with Crippen LogP contribution in [0.5, 0.6) is 0 Å². The van der Waals surface area contributed by atoms with Crippen LogP contribution in [-0.2, 0) is 0 Å². The molecule has 0 aromatic heterocycles. The molecule has 2 heterocycles. The third-order valence-electron chi connectivity index (χ3n) is 3.25. The number of thiol groups is 2. The summed E-state index contributed by atoms with van der Waals surface area (Å²) in [6.07, 6.45) is 1.46. The third kappa shape index (κ3) is 0.564. The SMILES string of the molecule is SC1C2CC3C(S)C2[Se]C13. The summed E-state index contributed by atoms with van der Waals surface area (Å²) in [7, 11) is 0. The van der Waals surface area contributed by atoms with Crippen LogP contribution in [-0.4, -0.2) is 25.5 Å². The van der Waals surface area contributed by atoms with E-state index < -0.39 is 0 Å². The van der Waals surface area contributed by atoms with Gasteiger partial charge in [0.25, 0.3) is 0 Å². The Hall–Kier alpha value is 1.22. The summed E-state index contributed by atoms with van der Waals surface area (Å²) >= 11 is 10.2. The Bertz CT molecular complexity index is 148. The molecule has 4 rings (SSSR count). The van der Waals surface area contributed by atoms with Gasteiger partial charge in [-0.3, -0.25) is 0 Å². The quantitative estimate of drug-likeness (QED) is 0.463. The van der Waals surface area contributed by atoms with Crippen molar-refractivity contribution >= 4 is 40.2 Å². The van der Waals surface area contributed by atoms with Gasteiger partial charge < -0.3 is 0 Å². The Morgan fingerprint density at radius 3 is 1.70 bits per heavy atom. The molecule has 0 aromatic rings. The summed E-state index contributed by atoms with van der Waals surface area (Å²) in [5.74, 6) is 1.95. The first-order valence-corrected chi connectivity index (χ1v) is 6.82. The molecule has 0 nitrogen and oxygen atoms in total. The number of hydrogen-bond acceptors (Lipinski definition) is 2. The zero-order chi connectivity index (χ0) is 6.88. The molecule has 2 aliphatic carbocycles. The van der Waals surface area contributed by atoms with Crippen molar-refractivity contribution in [1.82, 2.24) is 0 Å². The Morgan fingerprint density at radius 2 is 1.50 bits per heavy atom. The normalized spacial score (nSPS) is 70.2. The van der Waals surface area contributed by atoms with Crippen molar-refractivity contribution in [3.8, 4) is 0 Å². The second-order valence-corrected chi connectivity index (χ2v) is 7.66. The Labute approximate surface area is 78.5 Å². The first kappa shape index (κ1) is 6.71. The molecule has 0 aromatic carbocycles. The molecule has 0 spiro atoms. The zero-order valence-corrected chi connectivity index (χ0v) is 8.98. The van der Waals surface area contributed by atoms with Crippen molar-refractivity contribution in [3.63, 3.8) is 0 Å². The summed E-state index contributed by atoms with van der Waals surface area (Å²) in [6.45, 7) is 0. The molecule has 2 aliphatic heterocycles. The van der Waals surface area contributed by atoms with E-state index in [2.05, 4.69) is 25.3 Å². The van der Waals surface area contributed by atoms with Crippen LogP contribution in [0.1, 0.15) is 6.42 Å². The van der Waals surface area contributed by atoms with Crippen LogP contribution in [0.2, 0.25) is 9.63 Å². The van der Waals surface area contributed by atoms with Gasteiger partial charge in [0.05, 0.1) is 0 Å². The summed E-state index contributed by atoms with van der Waals surface area (Å²) in [5.41, 5.74) is 0. The Kier molecular flexibility index (Phi) is 1.29. The third-order valence-corrected chi connectivity index (χ3v) is 9.58. The predicted octanol–water partition coefficient (Wildman–Crippen LogP) is 1.53. The zero-order valence-electron chi connectivity index (χ0n) is 5.47. The summed E-state index contributed by atoms with van der Waals surface area (Å²) in [5, 5.41) is 1.55. The fourth-order valence-corrected chi connectivity index (χ4v) is 9.41. The molecule has 2 saturated carbocycles. The molecule has 10 heavy (non-hydrogen) atoms. The van der Waals surface area contributed by atoms with Crippen LogP contribution >= 0.6 is 25.3 Å². The second-order valence-electron chi connectivity index (χ2n) is 3.61. The summed E-state index contributed by atoms with van der Waals surface area (Å²) < 4.78 is 0. The van der Waals surface area contributed by atoms with Gasteiger partial charge in [-0.2, -0.15) is 0 Å². The Morgan fingerprint density at radius 1 is 1.00 bits per heavy atom. The number of hydrogen-bond donors (Lipinski definition) is 2. The molecule has 56 valence electrons. The molecule has 2 saturated heterocycles. The van der Waals surface area contributed by atoms with E-state index in [9.17, 15) is 0 Å². The van der Waals surface area contributed by atoms with E-state index in [4.69, 9.17) is 0 Å². The molecule has 4 aliphatic rings. The predicted molar refractivity (Wildman–Crippen MR) is 50.4 cm³/mol. The fourth-order valence-electron chi connectivity index (χ4n) is 2.79. The van der Waals surface area contributed by atoms with E-state index >= 15 is 0 Å². The van der Waals surface area contributed by atoms with Crippen LogP contribution in [0.3, 0.4) is 0 Å². The monoisotopic (exact) mass is 238 g/mol. The molecule has 0 amide bonds. The van der Waals surface area contributed by atoms with E-state index in [0.29, 0.717) is 0 Å². The molecule has 0 N–H and O–H groups in total. The first-order valence-electron chi connectivity index (χ1n) is 3.80. The Balaban J connectivity index is 2.05. The van der Waals surface area contributed by atoms with Gasteiger partial charge >= 0.3 is 78.6 Å². The first-order chi connectivity index (χ1) is 4.79. The van der Waals surface area contributed by atoms with Crippen molar-refractivity contribution in [2.24, 2.45) is 11.8 Å². The van der Waals surface area contributed by atoms with Gasteiger partial charge in [0.1, 0.15) is 0 Å². The molecule has 4 fully saturated rings. The van der Waals surface area contributed by atoms with Crippen LogP contribution < -0.4 is 0 Å².